The van der Waals surface area contributed by atoms with E-state index in [0.717, 1.165) is 6.66 Å². The number of carboxylic acid groups (broad SMARTS) is 1. The molecule has 0 saturated carbocycles. The summed E-state index contributed by atoms with van der Waals surface area (Å²) in [6, 6.07) is -1.81. The van der Waals surface area contributed by atoms with Crippen LogP contribution in [0.4, 0.5) is 0 Å². The van der Waals surface area contributed by atoms with Gasteiger partial charge < -0.3 is 26.4 Å². The van der Waals surface area contributed by atoms with Crippen molar-refractivity contribution in [3.05, 3.63) is 0 Å². The molecule has 0 saturated heterocycles. The van der Waals surface area contributed by atoms with Crippen LogP contribution in [0.25, 0.3) is 0 Å². The Morgan fingerprint density at radius 3 is 2.05 bits per heavy atom. The summed E-state index contributed by atoms with van der Waals surface area (Å²) >= 11 is 0. The zero-order chi connectivity index (χ0) is 16.1. The summed E-state index contributed by atoms with van der Waals surface area (Å²) in [5.74, 6) is -4.06. The van der Waals surface area contributed by atoms with E-state index in [0.29, 0.717) is 0 Å². The highest BCUT2D eigenvalue weighted by Gasteiger charge is 2.31. The van der Waals surface area contributed by atoms with Crippen molar-refractivity contribution in [3.63, 3.8) is 0 Å². The number of carbonyl (C=O) groups excluding carboxylic acids is 2. The Hall–Kier alpha value is -1.44. The fraction of sp³-hybridized carbons (Fsp3) is 0.700. The minimum Gasteiger partial charge on any atom is -0.481 e. The summed E-state index contributed by atoms with van der Waals surface area (Å²) in [6.45, 7) is 3.73. The lowest BCUT2D eigenvalue weighted by molar-refractivity contribution is -0.137. The van der Waals surface area contributed by atoms with Crippen LogP contribution in [0, 0.1) is 0 Å². The lowest BCUT2D eigenvalue weighted by Crippen LogP contribution is -2.51. The molecule has 0 aliphatic rings. The molecule has 0 aliphatic heterocycles. The quantitative estimate of drug-likeness (QED) is 0.364. The molecule has 6 N–H and O–H groups in total. The van der Waals surface area contributed by atoms with Crippen molar-refractivity contribution in [2.45, 2.75) is 38.1 Å². The van der Waals surface area contributed by atoms with Gasteiger partial charge in [-0.15, -0.1) is 0 Å². The lowest BCUT2D eigenvalue weighted by atomic mass is 10.2. The molecular formula is C10H20N3O6P. The molecule has 0 aromatic heterocycles. The number of carboxylic acids is 1. The second-order valence-corrected chi connectivity index (χ2v) is 7.09. The van der Waals surface area contributed by atoms with Crippen LogP contribution >= 0.6 is 7.37 Å². The van der Waals surface area contributed by atoms with Crippen LogP contribution < -0.4 is 16.4 Å². The Morgan fingerprint density at radius 2 is 1.70 bits per heavy atom. The predicted molar refractivity (Wildman–Crippen MR) is 71.2 cm³/mol. The van der Waals surface area contributed by atoms with Crippen molar-refractivity contribution in [2.24, 2.45) is 5.73 Å². The van der Waals surface area contributed by atoms with Gasteiger partial charge in [-0.1, -0.05) is 0 Å². The van der Waals surface area contributed by atoms with Crippen molar-refractivity contribution in [1.29, 1.82) is 0 Å². The Bertz CT molecular complexity index is 433. The fourth-order valence-electron chi connectivity index (χ4n) is 1.21. The van der Waals surface area contributed by atoms with E-state index >= 15 is 0 Å². The van der Waals surface area contributed by atoms with Gasteiger partial charge in [-0.2, -0.15) is 0 Å². The third-order valence-corrected chi connectivity index (χ3v) is 3.89. The number of rotatable bonds is 7. The third-order valence-electron chi connectivity index (χ3n) is 2.42. The van der Waals surface area contributed by atoms with E-state index in [4.69, 9.17) is 10.8 Å². The zero-order valence-electron chi connectivity index (χ0n) is 11.5. The van der Waals surface area contributed by atoms with Crippen molar-refractivity contribution in [3.8, 4) is 0 Å². The van der Waals surface area contributed by atoms with Crippen molar-refractivity contribution in [2.75, 3.05) is 6.66 Å². The number of aliphatic carboxylic acids is 1. The molecule has 0 aliphatic carbocycles. The van der Waals surface area contributed by atoms with Gasteiger partial charge in [0.25, 0.3) is 0 Å². The molecule has 0 rings (SSSR count). The summed E-state index contributed by atoms with van der Waals surface area (Å²) in [7, 11) is -3.83. The average Bonchev–Trinajstić information content (AvgIpc) is 2.25. The number of amides is 2. The van der Waals surface area contributed by atoms with Crippen LogP contribution in [-0.2, 0) is 18.9 Å². The summed E-state index contributed by atoms with van der Waals surface area (Å²) in [4.78, 5) is 43.1. The SMILES string of the molecule is CC(N)C(=O)NC(C)C(=O)NC(CC(=O)O)P(C)(=O)O. The van der Waals surface area contributed by atoms with E-state index in [9.17, 15) is 23.8 Å². The van der Waals surface area contributed by atoms with Gasteiger partial charge in [0.2, 0.25) is 19.2 Å². The van der Waals surface area contributed by atoms with Crippen LogP contribution in [0.1, 0.15) is 20.3 Å². The Balaban J connectivity index is 4.72. The van der Waals surface area contributed by atoms with E-state index in [-0.39, 0.29) is 0 Å². The molecule has 0 fully saturated rings. The number of carbonyl (C=O) groups is 3. The van der Waals surface area contributed by atoms with Gasteiger partial charge in [0.15, 0.2) is 0 Å². The van der Waals surface area contributed by atoms with Gasteiger partial charge in [0.1, 0.15) is 11.8 Å². The highest BCUT2D eigenvalue weighted by Crippen LogP contribution is 2.41. The molecule has 0 bridgehead atoms. The van der Waals surface area contributed by atoms with E-state index in [1.807, 2.05) is 0 Å². The van der Waals surface area contributed by atoms with E-state index in [1.54, 1.807) is 0 Å². The third kappa shape index (κ3) is 6.65. The van der Waals surface area contributed by atoms with E-state index < -0.39 is 49.4 Å². The summed E-state index contributed by atoms with van der Waals surface area (Å²) in [5.41, 5.74) is 5.31. The minimum absolute atomic E-state index is 0.564. The molecule has 116 valence electrons. The highest BCUT2D eigenvalue weighted by atomic mass is 31.2. The average molecular weight is 309 g/mol. The first-order valence-corrected chi connectivity index (χ1v) is 8.00. The van der Waals surface area contributed by atoms with Crippen molar-refractivity contribution >= 4 is 25.2 Å². The highest BCUT2D eigenvalue weighted by molar-refractivity contribution is 7.57. The zero-order valence-corrected chi connectivity index (χ0v) is 12.4. The maximum absolute atomic E-state index is 11.7. The summed E-state index contributed by atoms with van der Waals surface area (Å²) in [5, 5.41) is 13.1. The molecule has 2 amide bonds. The molecule has 0 spiro atoms. The molecule has 9 nitrogen and oxygen atoms in total. The topological polar surface area (TPSA) is 159 Å². The molecule has 0 radical (unpaired) electrons. The minimum atomic E-state index is -3.83. The molecule has 4 atom stereocenters. The molecule has 0 heterocycles. The van der Waals surface area contributed by atoms with Crippen LogP contribution in [0.2, 0.25) is 0 Å². The summed E-state index contributed by atoms with van der Waals surface area (Å²) in [6.07, 6.45) is -0.691. The number of hydrogen-bond donors (Lipinski definition) is 5. The van der Waals surface area contributed by atoms with Crippen LogP contribution in [0.3, 0.4) is 0 Å². The van der Waals surface area contributed by atoms with Gasteiger partial charge in [-0.25, -0.2) is 0 Å². The van der Waals surface area contributed by atoms with E-state index in [1.165, 1.54) is 13.8 Å². The Labute approximate surface area is 116 Å². The first-order valence-electron chi connectivity index (χ1n) is 5.83. The molecule has 0 aromatic carbocycles. The van der Waals surface area contributed by atoms with Gasteiger partial charge in [-0.05, 0) is 13.8 Å². The molecule has 10 heteroatoms. The Kier molecular flexibility index (Phi) is 6.84. The first-order chi connectivity index (χ1) is 8.95. The van der Waals surface area contributed by atoms with Gasteiger partial charge in [0, 0.05) is 6.66 Å². The van der Waals surface area contributed by atoms with Crippen LogP contribution in [0.15, 0.2) is 0 Å². The molecular weight excluding hydrogens is 289 g/mol. The van der Waals surface area contributed by atoms with Crippen LogP contribution in [0.5, 0.6) is 0 Å². The monoisotopic (exact) mass is 309 g/mol. The largest absolute Gasteiger partial charge is 0.481 e. The van der Waals surface area contributed by atoms with Crippen molar-refractivity contribution in [1.82, 2.24) is 10.6 Å². The van der Waals surface area contributed by atoms with Gasteiger partial charge in [-0.3, -0.25) is 18.9 Å². The number of hydrogen-bond acceptors (Lipinski definition) is 5. The normalized spacial score (nSPS) is 18.2. The van der Waals surface area contributed by atoms with Crippen LogP contribution in [-0.4, -0.2) is 52.3 Å². The number of nitrogens with two attached hydrogens (primary N) is 1. The van der Waals surface area contributed by atoms with Gasteiger partial charge >= 0.3 is 5.97 Å². The Morgan fingerprint density at radius 1 is 1.20 bits per heavy atom. The second kappa shape index (κ2) is 7.37. The van der Waals surface area contributed by atoms with Crippen molar-refractivity contribution < 1.29 is 28.9 Å². The number of nitrogens with one attached hydrogen (secondary N) is 2. The van der Waals surface area contributed by atoms with E-state index in [2.05, 4.69) is 10.6 Å². The molecule has 20 heavy (non-hydrogen) atoms. The second-order valence-electron chi connectivity index (χ2n) is 4.58. The summed E-state index contributed by atoms with van der Waals surface area (Å²) < 4.78 is 11.5. The molecule has 4 unspecified atom stereocenters. The smallest absolute Gasteiger partial charge is 0.306 e. The maximum atomic E-state index is 11.7. The standard InChI is InChI=1S/C10H20N3O6P/c1-5(11)9(16)12-6(2)10(17)13-7(4-8(14)15)20(3,18)19/h5-7H,4,11H2,1-3H3,(H,12,16)(H,13,17)(H,14,15)(H,18,19). The first kappa shape index (κ1) is 18.6. The predicted octanol–water partition coefficient (Wildman–Crippen LogP) is -1.34. The fourth-order valence-corrected chi connectivity index (χ4v) is 2.07. The maximum Gasteiger partial charge on any atom is 0.306 e. The van der Waals surface area contributed by atoms with Gasteiger partial charge in [0.05, 0.1) is 12.5 Å². The lowest BCUT2D eigenvalue weighted by Gasteiger charge is -2.22. The molecule has 0 aromatic rings.